The smallest absolute Gasteiger partial charge is 0.253 e. The van der Waals surface area contributed by atoms with Crippen molar-refractivity contribution in [3.63, 3.8) is 0 Å². The van der Waals surface area contributed by atoms with Crippen LogP contribution < -0.4 is 0 Å². The van der Waals surface area contributed by atoms with Gasteiger partial charge in [0.05, 0.1) is 11.6 Å². The van der Waals surface area contributed by atoms with Crippen molar-refractivity contribution in [2.45, 2.75) is 6.54 Å². The second-order valence-electron chi connectivity index (χ2n) is 5.84. The zero-order chi connectivity index (χ0) is 16.9. The Balaban J connectivity index is 1.59. The number of benzene rings is 2. The van der Waals surface area contributed by atoms with Crippen molar-refractivity contribution in [3.05, 3.63) is 71.0 Å². The van der Waals surface area contributed by atoms with Gasteiger partial charge in [0.2, 0.25) is 0 Å². The van der Waals surface area contributed by atoms with E-state index < -0.39 is 0 Å². The van der Waals surface area contributed by atoms with Gasteiger partial charge in [0.15, 0.2) is 0 Å². The lowest BCUT2D eigenvalue weighted by Gasteiger charge is -2.35. The van der Waals surface area contributed by atoms with E-state index in [9.17, 15) is 9.18 Å². The minimum atomic E-state index is -0.340. The second kappa shape index (κ2) is 7.24. The molecule has 1 aliphatic heterocycles. The van der Waals surface area contributed by atoms with E-state index in [0.29, 0.717) is 30.8 Å². The van der Waals surface area contributed by atoms with E-state index in [4.69, 9.17) is 5.26 Å². The summed E-state index contributed by atoms with van der Waals surface area (Å²) in [6.45, 7) is 3.48. The minimum Gasteiger partial charge on any atom is -0.336 e. The fourth-order valence-electron chi connectivity index (χ4n) is 2.89. The number of amides is 1. The molecule has 1 fully saturated rings. The van der Waals surface area contributed by atoms with Gasteiger partial charge in [-0.25, -0.2) is 4.39 Å². The zero-order valence-corrected chi connectivity index (χ0v) is 13.3. The normalized spacial score (nSPS) is 15.1. The van der Waals surface area contributed by atoms with Crippen molar-refractivity contribution < 1.29 is 9.18 Å². The van der Waals surface area contributed by atoms with Gasteiger partial charge in [-0.3, -0.25) is 9.69 Å². The molecule has 1 aliphatic rings. The number of piperazine rings is 1. The number of rotatable bonds is 3. The van der Waals surface area contributed by atoms with E-state index in [1.807, 2.05) is 24.3 Å². The molecule has 0 N–H and O–H groups in total. The van der Waals surface area contributed by atoms with Gasteiger partial charge in [0.25, 0.3) is 5.91 Å². The summed E-state index contributed by atoms with van der Waals surface area (Å²) in [7, 11) is 0. The lowest BCUT2D eigenvalue weighted by atomic mass is 10.1. The quantitative estimate of drug-likeness (QED) is 0.872. The topological polar surface area (TPSA) is 47.3 Å². The van der Waals surface area contributed by atoms with Crippen LogP contribution in [0, 0.1) is 17.1 Å². The zero-order valence-electron chi connectivity index (χ0n) is 13.3. The summed E-state index contributed by atoms with van der Waals surface area (Å²) >= 11 is 0. The molecule has 3 rings (SSSR count). The fraction of sp³-hybridized carbons (Fsp3) is 0.263. The lowest BCUT2D eigenvalue weighted by Crippen LogP contribution is -2.48. The Labute approximate surface area is 140 Å². The first-order valence-corrected chi connectivity index (χ1v) is 7.92. The van der Waals surface area contributed by atoms with Gasteiger partial charge in [0, 0.05) is 38.3 Å². The Kier molecular flexibility index (Phi) is 4.88. The highest BCUT2D eigenvalue weighted by Gasteiger charge is 2.22. The maximum absolute atomic E-state index is 13.0. The van der Waals surface area contributed by atoms with Gasteiger partial charge < -0.3 is 4.90 Å². The predicted octanol–water partition coefficient (Wildman–Crippen LogP) is 2.66. The molecular weight excluding hydrogens is 305 g/mol. The molecule has 1 amide bonds. The molecule has 1 heterocycles. The summed E-state index contributed by atoms with van der Waals surface area (Å²) in [4.78, 5) is 16.5. The lowest BCUT2D eigenvalue weighted by molar-refractivity contribution is 0.0628. The summed E-state index contributed by atoms with van der Waals surface area (Å²) in [5.41, 5.74) is 2.22. The summed E-state index contributed by atoms with van der Waals surface area (Å²) < 4.78 is 13.0. The van der Waals surface area contributed by atoms with Crippen LogP contribution in [-0.2, 0) is 6.54 Å². The number of nitriles is 1. The number of nitrogens with zero attached hydrogens (tertiary/aromatic N) is 3. The van der Waals surface area contributed by atoms with E-state index in [2.05, 4.69) is 11.0 Å². The number of hydrogen-bond donors (Lipinski definition) is 0. The van der Waals surface area contributed by atoms with Crippen LogP contribution in [0.4, 0.5) is 4.39 Å². The van der Waals surface area contributed by atoms with Gasteiger partial charge in [0.1, 0.15) is 5.82 Å². The molecule has 2 aromatic rings. The molecular formula is C19H18FN3O. The van der Waals surface area contributed by atoms with Crippen LogP contribution in [0.3, 0.4) is 0 Å². The highest BCUT2D eigenvalue weighted by molar-refractivity contribution is 5.94. The monoisotopic (exact) mass is 323 g/mol. The Bertz CT molecular complexity index is 759. The van der Waals surface area contributed by atoms with Crippen LogP contribution in [0.5, 0.6) is 0 Å². The number of halogens is 1. The van der Waals surface area contributed by atoms with Crippen molar-refractivity contribution in [1.82, 2.24) is 9.80 Å². The number of hydrogen-bond acceptors (Lipinski definition) is 3. The third-order valence-corrected chi connectivity index (χ3v) is 4.28. The molecule has 2 aromatic carbocycles. The number of carbonyl (C=O) groups excluding carboxylic acids is 1. The summed E-state index contributed by atoms with van der Waals surface area (Å²) in [5.74, 6) is -0.403. The maximum Gasteiger partial charge on any atom is 0.253 e. The van der Waals surface area contributed by atoms with Gasteiger partial charge >= 0.3 is 0 Å². The van der Waals surface area contributed by atoms with Gasteiger partial charge in [-0.05, 0) is 35.9 Å². The third kappa shape index (κ3) is 3.61. The molecule has 0 saturated carbocycles. The molecule has 0 spiro atoms. The average molecular weight is 323 g/mol. The third-order valence-electron chi connectivity index (χ3n) is 4.28. The largest absolute Gasteiger partial charge is 0.336 e. The van der Waals surface area contributed by atoms with E-state index >= 15 is 0 Å². The van der Waals surface area contributed by atoms with Crippen molar-refractivity contribution in [1.29, 1.82) is 5.26 Å². The van der Waals surface area contributed by atoms with Crippen LogP contribution in [0.25, 0.3) is 0 Å². The molecule has 5 heteroatoms. The molecule has 24 heavy (non-hydrogen) atoms. The molecule has 0 aromatic heterocycles. The van der Waals surface area contributed by atoms with Gasteiger partial charge in [-0.2, -0.15) is 5.26 Å². The van der Waals surface area contributed by atoms with E-state index in [-0.39, 0.29) is 11.7 Å². The van der Waals surface area contributed by atoms with Crippen LogP contribution in [0.1, 0.15) is 21.5 Å². The highest BCUT2D eigenvalue weighted by atomic mass is 19.1. The molecule has 0 bridgehead atoms. The van der Waals surface area contributed by atoms with Crippen molar-refractivity contribution in [2.75, 3.05) is 26.2 Å². The number of carbonyl (C=O) groups is 1. The molecule has 4 nitrogen and oxygen atoms in total. The van der Waals surface area contributed by atoms with Crippen LogP contribution in [0.15, 0.2) is 48.5 Å². The molecule has 0 aliphatic carbocycles. The van der Waals surface area contributed by atoms with E-state index in [0.717, 1.165) is 18.7 Å². The Morgan fingerprint density at radius 1 is 1.04 bits per heavy atom. The Morgan fingerprint density at radius 2 is 1.71 bits per heavy atom. The minimum absolute atomic E-state index is 0.0629. The molecule has 0 unspecified atom stereocenters. The first-order chi connectivity index (χ1) is 11.7. The van der Waals surface area contributed by atoms with Crippen molar-refractivity contribution in [2.24, 2.45) is 0 Å². The van der Waals surface area contributed by atoms with Crippen LogP contribution in [0.2, 0.25) is 0 Å². The Hall–Kier alpha value is -2.71. The molecule has 0 atom stereocenters. The van der Waals surface area contributed by atoms with Gasteiger partial charge in [-0.1, -0.05) is 18.2 Å². The standard InChI is InChI=1S/C19H18FN3O/c20-18-7-5-15(6-8-18)19(24)23-11-9-22(10-12-23)14-17-4-2-1-3-16(17)13-21/h1-8H,9-12,14H2. The first kappa shape index (κ1) is 16.2. The molecule has 122 valence electrons. The van der Waals surface area contributed by atoms with Crippen molar-refractivity contribution >= 4 is 5.91 Å². The molecule has 1 saturated heterocycles. The maximum atomic E-state index is 13.0. The SMILES string of the molecule is N#Cc1ccccc1CN1CCN(C(=O)c2ccc(F)cc2)CC1. The summed E-state index contributed by atoms with van der Waals surface area (Å²) in [6.07, 6.45) is 0. The van der Waals surface area contributed by atoms with Crippen LogP contribution >= 0.6 is 0 Å². The average Bonchev–Trinajstić information content (AvgIpc) is 2.63. The Morgan fingerprint density at radius 3 is 2.38 bits per heavy atom. The van der Waals surface area contributed by atoms with E-state index in [1.54, 1.807) is 4.90 Å². The highest BCUT2D eigenvalue weighted by Crippen LogP contribution is 2.14. The van der Waals surface area contributed by atoms with Crippen LogP contribution in [-0.4, -0.2) is 41.9 Å². The fourth-order valence-corrected chi connectivity index (χ4v) is 2.89. The molecule has 0 radical (unpaired) electrons. The summed E-state index contributed by atoms with van der Waals surface area (Å²) in [6, 6.07) is 15.5. The summed E-state index contributed by atoms with van der Waals surface area (Å²) in [5, 5.41) is 9.16. The first-order valence-electron chi connectivity index (χ1n) is 7.92. The predicted molar refractivity (Wildman–Crippen MR) is 88.7 cm³/mol. The second-order valence-corrected chi connectivity index (χ2v) is 5.84. The van der Waals surface area contributed by atoms with Crippen molar-refractivity contribution in [3.8, 4) is 6.07 Å². The van der Waals surface area contributed by atoms with Gasteiger partial charge in [-0.15, -0.1) is 0 Å². The van der Waals surface area contributed by atoms with E-state index in [1.165, 1.54) is 24.3 Å².